The van der Waals surface area contributed by atoms with Gasteiger partial charge in [-0.25, -0.2) is 22.0 Å². The van der Waals surface area contributed by atoms with Crippen molar-refractivity contribution in [1.82, 2.24) is 0 Å². The Morgan fingerprint density at radius 1 is 0.744 bits per heavy atom. The Morgan fingerprint density at radius 3 is 1.95 bits per heavy atom. The quantitative estimate of drug-likeness (QED) is 0.118. The van der Waals surface area contributed by atoms with Crippen LogP contribution in [-0.4, -0.2) is 0 Å². The number of hydrogen-bond donors (Lipinski definition) is 0. The Labute approximate surface area is 225 Å². The molecule has 9 heteroatoms. The number of aryl methyl sites for hydroxylation is 1. The minimum absolute atomic E-state index is 0.0207. The topological polar surface area (TPSA) is 9.23 Å². The van der Waals surface area contributed by atoms with E-state index >= 15 is 4.39 Å². The highest BCUT2D eigenvalue weighted by molar-refractivity contribution is 6.32. The zero-order valence-corrected chi connectivity index (χ0v) is 21.1. The van der Waals surface area contributed by atoms with E-state index in [-0.39, 0.29) is 23.3 Å². The molecule has 0 aliphatic rings. The lowest BCUT2D eigenvalue weighted by Gasteiger charge is -2.20. The van der Waals surface area contributed by atoms with Gasteiger partial charge in [0, 0.05) is 5.56 Å². The maximum absolute atomic E-state index is 15.0. The lowest BCUT2D eigenvalue weighted by atomic mass is 9.98. The molecule has 0 bridgehead atoms. The van der Waals surface area contributed by atoms with Gasteiger partial charge in [-0.15, -0.1) is 0 Å². The van der Waals surface area contributed by atoms with Gasteiger partial charge >= 0.3 is 6.11 Å². The van der Waals surface area contributed by atoms with E-state index in [9.17, 15) is 26.3 Å². The van der Waals surface area contributed by atoms with Crippen molar-refractivity contribution in [2.24, 2.45) is 0 Å². The monoisotopic (exact) mass is 564 g/mol. The number of rotatable bonds is 8. The molecule has 0 saturated heterocycles. The Hall–Kier alpha value is -3.78. The molecule has 0 unspecified atom stereocenters. The summed E-state index contributed by atoms with van der Waals surface area (Å²) in [5.74, 6) is -8.94. The number of hydrogen-bond acceptors (Lipinski definition) is 1. The molecule has 0 N–H and O–H groups in total. The first kappa shape index (κ1) is 28.2. The van der Waals surface area contributed by atoms with Crippen molar-refractivity contribution in [3.63, 3.8) is 0 Å². The molecule has 0 fully saturated rings. The van der Waals surface area contributed by atoms with Crippen LogP contribution in [-0.2, 0) is 12.5 Å². The normalized spacial score (nSPS) is 11.8. The number of alkyl halides is 2. The van der Waals surface area contributed by atoms with Crippen LogP contribution in [0.15, 0.2) is 78.9 Å². The summed E-state index contributed by atoms with van der Waals surface area (Å²) in [6.45, 7) is 1.95. The molecule has 0 radical (unpaired) electrons. The van der Waals surface area contributed by atoms with Crippen molar-refractivity contribution in [1.29, 1.82) is 0 Å². The second kappa shape index (κ2) is 11.5. The molecular weight excluding hydrogens is 545 g/mol. The van der Waals surface area contributed by atoms with Crippen molar-refractivity contribution in [2.75, 3.05) is 0 Å². The summed E-state index contributed by atoms with van der Waals surface area (Å²) in [6, 6.07) is 13.7. The average molecular weight is 565 g/mol. The van der Waals surface area contributed by atoms with E-state index in [0.29, 0.717) is 5.56 Å². The molecule has 39 heavy (non-hydrogen) atoms. The maximum atomic E-state index is 15.0. The van der Waals surface area contributed by atoms with Crippen LogP contribution in [0.1, 0.15) is 24.5 Å². The van der Waals surface area contributed by atoms with Crippen molar-refractivity contribution in [3.05, 3.63) is 124 Å². The largest absolute Gasteiger partial charge is 0.427 e. The minimum atomic E-state index is -4.48. The summed E-state index contributed by atoms with van der Waals surface area (Å²) >= 11 is 5.97. The van der Waals surface area contributed by atoms with Gasteiger partial charge in [0.15, 0.2) is 29.0 Å². The van der Waals surface area contributed by atoms with E-state index in [0.717, 1.165) is 36.1 Å². The molecule has 0 heterocycles. The molecule has 0 aliphatic carbocycles. The number of ether oxygens (including phenoxy) is 1. The van der Waals surface area contributed by atoms with Gasteiger partial charge in [-0.1, -0.05) is 60.2 Å². The van der Waals surface area contributed by atoms with Crippen molar-refractivity contribution < 1.29 is 35.5 Å². The Morgan fingerprint density at radius 2 is 1.36 bits per heavy atom. The molecule has 0 aliphatic heterocycles. The van der Waals surface area contributed by atoms with Crippen LogP contribution >= 0.6 is 11.6 Å². The van der Waals surface area contributed by atoms with Gasteiger partial charge in [0.25, 0.3) is 0 Å². The van der Waals surface area contributed by atoms with E-state index in [1.54, 1.807) is 6.07 Å². The average Bonchev–Trinajstić information content (AvgIpc) is 2.89. The molecule has 4 aromatic rings. The predicted octanol–water partition coefficient (Wildman–Crippen LogP) is 10.0. The molecule has 4 rings (SSSR count). The summed E-state index contributed by atoms with van der Waals surface area (Å²) in [5, 5.41) is -0.648. The maximum Gasteiger partial charge on any atom is 0.427 e. The first-order chi connectivity index (χ1) is 18.5. The second-order valence-corrected chi connectivity index (χ2v) is 9.05. The van der Waals surface area contributed by atoms with Crippen LogP contribution in [0, 0.1) is 29.1 Å². The van der Waals surface area contributed by atoms with Crippen LogP contribution in [0.5, 0.6) is 5.75 Å². The van der Waals surface area contributed by atoms with Crippen LogP contribution in [0.4, 0.5) is 30.7 Å². The zero-order chi connectivity index (χ0) is 28.3. The Kier molecular flexibility index (Phi) is 8.35. The molecule has 4 aromatic carbocycles. The summed E-state index contributed by atoms with van der Waals surface area (Å²) < 4.78 is 103. The molecule has 0 aromatic heterocycles. The lowest BCUT2D eigenvalue weighted by Crippen LogP contribution is -2.23. The number of allylic oxidation sites excluding steroid dienone is 2. The third-order valence-corrected chi connectivity index (χ3v) is 6.23. The minimum Gasteiger partial charge on any atom is -0.424 e. The zero-order valence-electron chi connectivity index (χ0n) is 20.4. The third kappa shape index (κ3) is 6.28. The summed E-state index contributed by atoms with van der Waals surface area (Å²) in [6.07, 6.45) is 1.34. The molecule has 202 valence electrons. The first-order valence-electron chi connectivity index (χ1n) is 11.7. The van der Waals surface area contributed by atoms with E-state index < -0.39 is 51.5 Å². The Balaban J connectivity index is 1.58. The van der Waals surface area contributed by atoms with Crippen LogP contribution in [0.2, 0.25) is 5.02 Å². The van der Waals surface area contributed by atoms with Crippen LogP contribution in [0.3, 0.4) is 0 Å². The van der Waals surface area contributed by atoms with Gasteiger partial charge in [-0.3, -0.25) is 0 Å². The molecular formula is C30H20ClF7O. The predicted molar refractivity (Wildman–Crippen MR) is 136 cm³/mol. The van der Waals surface area contributed by atoms with E-state index in [4.69, 9.17) is 11.6 Å². The van der Waals surface area contributed by atoms with Gasteiger partial charge in [0.05, 0.1) is 10.6 Å². The lowest BCUT2D eigenvalue weighted by molar-refractivity contribution is -0.187. The second-order valence-electron chi connectivity index (χ2n) is 8.64. The Bertz CT molecular complexity index is 1490. The third-order valence-electron chi connectivity index (χ3n) is 5.95. The summed E-state index contributed by atoms with van der Waals surface area (Å²) in [7, 11) is 0. The molecule has 0 amide bonds. The molecule has 0 saturated carbocycles. The molecule has 1 nitrogen and oxygen atoms in total. The van der Waals surface area contributed by atoms with Crippen LogP contribution < -0.4 is 4.74 Å². The first-order valence-corrected chi connectivity index (χ1v) is 12.1. The summed E-state index contributed by atoms with van der Waals surface area (Å²) in [5.41, 5.74) is 0.951. The fraction of sp³-hybridized carbons (Fsp3) is 0.133. The standard InChI is InChI=1S/C30H20ClF7O/c1-2-3-4-5-17-6-8-18(9-7-17)19-10-11-22(24(32)13-19)20-12-23(31)29(27(35)14-20)39-30(37,38)21-15-25(33)28(36)26(34)16-21/h2-3,6-16H,4-5H2,1H3. The summed E-state index contributed by atoms with van der Waals surface area (Å²) in [4.78, 5) is 0. The number of benzene rings is 4. The van der Waals surface area contributed by atoms with Gasteiger partial charge in [-0.05, 0) is 72.4 Å². The van der Waals surface area contributed by atoms with E-state index in [1.807, 2.05) is 37.3 Å². The van der Waals surface area contributed by atoms with Crippen molar-refractivity contribution in [3.8, 4) is 28.0 Å². The van der Waals surface area contributed by atoms with Crippen LogP contribution in [0.25, 0.3) is 22.3 Å². The fourth-order valence-electron chi connectivity index (χ4n) is 3.93. The smallest absolute Gasteiger partial charge is 0.424 e. The molecule has 0 spiro atoms. The molecule has 0 atom stereocenters. The van der Waals surface area contributed by atoms with E-state index in [2.05, 4.69) is 10.8 Å². The highest BCUT2D eigenvalue weighted by Gasteiger charge is 2.38. The highest BCUT2D eigenvalue weighted by Crippen LogP contribution is 2.40. The highest BCUT2D eigenvalue weighted by atomic mass is 35.5. The van der Waals surface area contributed by atoms with Crippen molar-refractivity contribution >= 4 is 11.6 Å². The van der Waals surface area contributed by atoms with Crippen molar-refractivity contribution in [2.45, 2.75) is 25.9 Å². The van der Waals surface area contributed by atoms with E-state index in [1.165, 1.54) is 12.1 Å². The fourth-order valence-corrected chi connectivity index (χ4v) is 4.18. The van der Waals surface area contributed by atoms with Gasteiger partial charge in [0.2, 0.25) is 0 Å². The number of halogens is 8. The van der Waals surface area contributed by atoms with Gasteiger partial charge in [-0.2, -0.15) is 8.78 Å². The SMILES string of the molecule is CC=CCCc1ccc(-c2ccc(-c3cc(F)c(OC(F)(F)c4cc(F)c(F)c(F)c4)c(Cl)c3)c(F)c2)cc1. The van der Waals surface area contributed by atoms with Gasteiger partial charge < -0.3 is 4.74 Å². The van der Waals surface area contributed by atoms with Gasteiger partial charge in [0.1, 0.15) is 5.82 Å².